The van der Waals surface area contributed by atoms with Gasteiger partial charge in [-0.05, 0) is 36.0 Å². The summed E-state index contributed by atoms with van der Waals surface area (Å²) in [6.45, 7) is 0.599. The second kappa shape index (κ2) is 6.85. The van der Waals surface area contributed by atoms with E-state index in [1.807, 2.05) is 11.8 Å². The van der Waals surface area contributed by atoms with E-state index in [4.69, 9.17) is 16.7 Å². The van der Waals surface area contributed by atoms with E-state index in [0.717, 1.165) is 17.9 Å². The summed E-state index contributed by atoms with van der Waals surface area (Å²) >= 11 is 7.71. The number of urea groups is 1. The zero-order chi connectivity index (χ0) is 14.5. The molecule has 20 heavy (non-hydrogen) atoms. The molecule has 3 N–H and O–H groups in total. The van der Waals surface area contributed by atoms with Gasteiger partial charge in [-0.3, -0.25) is 0 Å². The monoisotopic (exact) mass is 314 g/mol. The van der Waals surface area contributed by atoms with Crippen molar-refractivity contribution in [1.82, 2.24) is 5.32 Å². The van der Waals surface area contributed by atoms with Gasteiger partial charge in [0.05, 0.1) is 10.7 Å². The van der Waals surface area contributed by atoms with Crippen LogP contribution in [0, 0.1) is 5.92 Å². The Hall–Kier alpha value is -1.40. The number of carboxylic acids is 1. The average molecular weight is 315 g/mol. The normalized spacial score (nSPS) is 17.8. The number of carbonyl (C=O) groups is 2. The molecule has 1 saturated heterocycles. The molecule has 1 aromatic carbocycles. The molecule has 5 nitrogen and oxygen atoms in total. The lowest BCUT2D eigenvalue weighted by Crippen LogP contribution is -2.33. The Bertz CT molecular complexity index is 518. The summed E-state index contributed by atoms with van der Waals surface area (Å²) in [6, 6.07) is 4.17. The lowest BCUT2D eigenvalue weighted by atomic mass is 10.1. The largest absolute Gasteiger partial charge is 0.478 e. The van der Waals surface area contributed by atoms with Crippen LogP contribution in [0.4, 0.5) is 10.5 Å². The molecule has 1 unspecified atom stereocenters. The van der Waals surface area contributed by atoms with Crippen molar-refractivity contribution in [3.63, 3.8) is 0 Å². The lowest BCUT2D eigenvalue weighted by molar-refractivity contribution is 0.0698. The molecule has 2 amide bonds. The maximum absolute atomic E-state index is 11.8. The standard InChI is InChI=1S/C13H15ClN2O3S/c14-9-2-1-3-10(11(9)12(17)18)16-13(19)15-6-8-4-5-20-7-8/h1-3,8H,4-7H2,(H,17,18)(H2,15,16,19). The molecule has 1 heterocycles. The quantitative estimate of drug-likeness (QED) is 0.798. The van der Waals surface area contributed by atoms with Gasteiger partial charge >= 0.3 is 12.0 Å². The highest BCUT2D eigenvalue weighted by molar-refractivity contribution is 7.99. The number of anilines is 1. The van der Waals surface area contributed by atoms with Crippen molar-refractivity contribution in [2.24, 2.45) is 5.92 Å². The minimum absolute atomic E-state index is 0.0965. The van der Waals surface area contributed by atoms with Crippen molar-refractivity contribution in [1.29, 1.82) is 0 Å². The fourth-order valence-electron chi connectivity index (χ4n) is 1.99. The number of hydrogen-bond donors (Lipinski definition) is 3. The van der Waals surface area contributed by atoms with Crippen molar-refractivity contribution < 1.29 is 14.7 Å². The molecule has 0 bridgehead atoms. The van der Waals surface area contributed by atoms with E-state index < -0.39 is 12.0 Å². The fraction of sp³-hybridized carbons (Fsp3) is 0.385. The van der Waals surface area contributed by atoms with Crippen LogP contribution in [0.2, 0.25) is 5.02 Å². The molecule has 2 rings (SSSR count). The van der Waals surface area contributed by atoms with Crippen molar-refractivity contribution in [3.8, 4) is 0 Å². The Morgan fingerprint density at radius 1 is 1.45 bits per heavy atom. The van der Waals surface area contributed by atoms with Gasteiger partial charge in [0.1, 0.15) is 5.56 Å². The van der Waals surface area contributed by atoms with Gasteiger partial charge in [-0.1, -0.05) is 17.7 Å². The van der Waals surface area contributed by atoms with Gasteiger partial charge in [-0.15, -0.1) is 0 Å². The maximum Gasteiger partial charge on any atom is 0.339 e. The molecule has 1 fully saturated rings. The molecule has 1 aliphatic rings. The zero-order valence-electron chi connectivity index (χ0n) is 10.7. The number of carbonyl (C=O) groups excluding carboxylic acids is 1. The fourth-order valence-corrected chi connectivity index (χ4v) is 3.53. The summed E-state index contributed by atoms with van der Waals surface area (Å²) in [5.74, 6) is 1.51. The minimum Gasteiger partial charge on any atom is -0.478 e. The number of rotatable bonds is 4. The molecule has 1 aliphatic heterocycles. The summed E-state index contributed by atoms with van der Waals surface area (Å²) in [5, 5.41) is 14.5. The Morgan fingerprint density at radius 2 is 2.25 bits per heavy atom. The Kier molecular flexibility index (Phi) is 5.14. The highest BCUT2D eigenvalue weighted by Crippen LogP contribution is 2.25. The van der Waals surface area contributed by atoms with E-state index in [1.54, 1.807) is 6.07 Å². The minimum atomic E-state index is -1.17. The maximum atomic E-state index is 11.8. The predicted molar refractivity (Wildman–Crippen MR) is 80.9 cm³/mol. The Morgan fingerprint density at radius 3 is 2.90 bits per heavy atom. The number of halogens is 1. The van der Waals surface area contributed by atoms with Crippen LogP contribution < -0.4 is 10.6 Å². The lowest BCUT2D eigenvalue weighted by Gasteiger charge is -2.13. The molecule has 0 aliphatic carbocycles. The molecular formula is C13H15ClN2O3S. The third kappa shape index (κ3) is 3.80. The molecular weight excluding hydrogens is 300 g/mol. The van der Waals surface area contributed by atoms with E-state index >= 15 is 0 Å². The van der Waals surface area contributed by atoms with Crippen LogP contribution in [0.3, 0.4) is 0 Å². The van der Waals surface area contributed by atoms with Gasteiger partial charge in [0.25, 0.3) is 0 Å². The first-order chi connectivity index (χ1) is 9.58. The first kappa shape index (κ1) is 15.0. The summed E-state index contributed by atoms with van der Waals surface area (Å²) in [7, 11) is 0. The summed E-state index contributed by atoms with van der Waals surface area (Å²) in [5.41, 5.74) is 0.101. The van der Waals surface area contributed by atoms with Gasteiger partial charge < -0.3 is 15.7 Å². The predicted octanol–water partition coefficient (Wildman–Crippen LogP) is 2.91. The molecule has 0 saturated carbocycles. The van der Waals surface area contributed by atoms with Crippen molar-refractivity contribution >= 4 is 41.1 Å². The number of nitrogens with one attached hydrogen (secondary N) is 2. The van der Waals surface area contributed by atoms with Crippen LogP contribution in [-0.4, -0.2) is 35.2 Å². The van der Waals surface area contributed by atoms with E-state index in [1.165, 1.54) is 12.1 Å². The van der Waals surface area contributed by atoms with Gasteiger partial charge in [0, 0.05) is 6.54 Å². The summed E-state index contributed by atoms with van der Waals surface area (Å²) in [6.07, 6.45) is 1.10. The van der Waals surface area contributed by atoms with Crippen molar-refractivity contribution in [2.75, 3.05) is 23.4 Å². The molecule has 1 aromatic rings. The van der Waals surface area contributed by atoms with Crippen LogP contribution >= 0.6 is 23.4 Å². The molecule has 0 spiro atoms. The third-order valence-corrected chi connectivity index (χ3v) is 4.60. The van der Waals surface area contributed by atoms with Gasteiger partial charge in [0.2, 0.25) is 0 Å². The highest BCUT2D eigenvalue weighted by Gasteiger charge is 2.18. The number of carboxylic acid groups (broad SMARTS) is 1. The van der Waals surface area contributed by atoms with Gasteiger partial charge in [-0.2, -0.15) is 11.8 Å². The summed E-state index contributed by atoms with van der Waals surface area (Å²) in [4.78, 5) is 22.9. The van der Waals surface area contributed by atoms with Crippen LogP contribution in [0.15, 0.2) is 18.2 Å². The van der Waals surface area contributed by atoms with Crippen LogP contribution in [-0.2, 0) is 0 Å². The van der Waals surface area contributed by atoms with Crippen LogP contribution in [0.25, 0.3) is 0 Å². The second-order valence-corrected chi connectivity index (χ2v) is 6.09. The first-order valence-corrected chi connectivity index (χ1v) is 7.75. The second-order valence-electron chi connectivity index (χ2n) is 4.53. The number of hydrogen-bond acceptors (Lipinski definition) is 3. The van der Waals surface area contributed by atoms with Gasteiger partial charge in [-0.25, -0.2) is 9.59 Å². The number of benzene rings is 1. The Balaban J connectivity index is 1.96. The van der Waals surface area contributed by atoms with Gasteiger partial charge in [0.15, 0.2) is 0 Å². The molecule has 108 valence electrons. The highest BCUT2D eigenvalue weighted by atomic mass is 35.5. The number of aromatic carboxylic acids is 1. The third-order valence-electron chi connectivity index (χ3n) is 3.05. The van der Waals surface area contributed by atoms with E-state index in [0.29, 0.717) is 12.5 Å². The number of amides is 2. The van der Waals surface area contributed by atoms with E-state index in [2.05, 4.69) is 10.6 Å². The van der Waals surface area contributed by atoms with E-state index in [-0.39, 0.29) is 16.3 Å². The van der Waals surface area contributed by atoms with Crippen molar-refractivity contribution in [2.45, 2.75) is 6.42 Å². The first-order valence-electron chi connectivity index (χ1n) is 6.22. The number of thioether (sulfide) groups is 1. The molecule has 7 heteroatoms. The SMILES string of the molecule is O=C(NCC1CCSC1)Nc1cccc(Cl)c1C(=O)O. The van der Waals surface area contributed by atoms with Crippen molar-refractivity contribution in [3.05, 3.63) is 28.8 Å². The molecule has 0 aromatic heterocycles. The Labute approximate surface area is 126 Å². The topological polar surface area (TPSA) is 78.4 Å². The smallest absolute Gasteiger partial charge is 0.339 e. The zero-order valence-corrected chi connectivity index (χ0v) is 12.3. The summed E-state index contributed by atoms with van der Waals surface area (Å²) < 4.78 is 0. The van der Waals surface area contributed by atoms with E-state index in [9.17, 15) is 9.59 Å². The molecule has 0 radical (unpaired) electrons. The van der Waals surface area contributed by atoms with Crippen LogP contribution in [0.5, 0.6) is 0 Å². The van der Waals surface area contributed by atoms with Crippen LogP contribution in [0.1, 0.15) is 16.8 Å². The average Bonchev–Trinajstić information content (AvgIpc) is 2.89. The molecule has 1 atom stereocenters.